The van der Waals surface area contributed by atoms with Gasteiger partial charge in [-0.25, -0.2) is 0 Å². The van der Waals surface area contributed by atoms with E-state index < -0.39 is 0 Å². The molecule has 2 aromatic rings. The van der Waals surface area contributed by atoms with Gasteiger partial charge in [0.05, 0.1) is 19.2 Å². The maximum absolute atomic E-state index is 12.6. The lowest BCUT2D eigenvalue weighted by atomic mass is 10.1. The van der Waals surface area contributed by atoms with Crippen LogP contribution in [0.15, 0.2) is 48.5 Å². The van der Waals surface area contributed by atoms with Crippen LogP contribution in [0.2, 0.25) is 0 Å². The van der Waals surface area contributed by atoms with Gasteiger partial charge in [-0.3, -0.25) is 10.1 Å². The number of fused-ring (bicyclic) bond motifs is 1. The molecule has 0 saturated carbocycles. The van der Waals surface area contributed by atoms with Crippen molar-refractivity contribution in [1.29, 1.82) is 0 Å². The number of hydrogen-bond donors (Lipinski definition) is 2. The van der Waals surface area contributed by atoms with E-state index in [1.165, 1.54) is 11.1 Å². The molecule has 0 unspecified atom stereocenters. The summed E-state index contributed by atoms with van der Waals surface area (Å²) in [5.41, 5.74) is 3.70. The van der Waals surface area contributed by atoms with Crippen molar-refractivity contribution in [1.82, 2.24) is 10.6 Å². The lowest BCUT2D eigenvalue weighted by Crippen LogP contribution is -2.44. The van der Waals surface area contributed by atoms with Gasteiger partial charge in [-0.2, -0.15) is 0 Å². The molecule has 132 valence electrons. The third-order valence-corrected chi connectivity index (χ3v) is 4.94. The molecule has 0 bridgehead atoms. The van der Waals surface area contributed by atoms with Crippen molar-refractivity contribution in [2.45, 2.75) is 44.8 Å². The van der Waals surface area contributed by atoms with Gasteiger partial charge in [0.2, 0.25) is 5.91 Å². The van der Waals surface area contributed by atoms with E-state index in [1.807, 2.05) is 37.3 Å². The number of ether oxygens (including phenoxy) is 1. The maximum atomic E-state index is 12.6. The van der Waals surface area contributed by atoms with Crippen LogP contribution < -0.4 is 15.4 Å². The van der Waals surface area contributed by atoms with Crippen molar-refractivity contribution in [3.8, 4) is 5.75 Å². The highest BCUT2D eigenvalue weighted by Gasteiger charge is 2.25. The molecular formula is C21H26N2O2. The number of rotatable bonds is 6. The molecular weight excluding hydrogens is 312 g/mol. The van der Waals surface area contributed by atoms with Gasteiger partial charge in [0.1, 0.15) is 5.75 Å². The van der Waals surface area contributed by atoms with Crippen molar-refractivity contribution >= 4 is 5.91 Å². The predicted molar refractivity (Wildman–Crippen MR) is 99.7 cm³/mol. The van der Waals surface area contributed by atoms with Gasteiger partial charge in [0.15, 0.2) is 0 Å². The second-order valence-corrected chi connectivity index (χ2v) is 6.69. The predicted octanol–water partition coefficient (Wildman–Crippen LogP) is 3.54. The van der Waals surface area contributed by atoms with E-state index >= 15 is 0 Å². The van der Waals surface area contributed by atoms with Crippen molar-refractivity contribution in [3.63, 3.8) is 0 Å². The average Bonchev–Trinajstić information content (AvgIpc) is 3.04. The van der Waals surface area contributed by atoms with Crippen molar-refractivity contribution < 1.29 is 9.53 Å². The summed E-state index contributed by atoms with van der Waals surface area (Å²) in [4.78, 5) is 12.6. The van der Waals surface area contributed by atoms with Crippen LogP contribution >= 0.6 is 0 Å². The van der Waals surface area contributed by atoms with Gasteiger partial charge in [0.25, 0.3) is 0 Å². The van der Waals surface area contributed by atoms with Crippen LogP contribution in [0.5, 0.6) is 5.75 Å². The highest BCUT2D eigenvalue weighted by Crippen LogP contribution is 2.30. The zero-order valence-corrected chi connectivity index (χ0v) is 15.1. The van der Waals surface area contributed by atoms with Crippen LogP contribution in [0.1, 0.15) is 49.0 Å². The summed E-state index contributed by atoms with van der Waals surface area (Å²) >= 11 is 0. The third-order valence-electron chi connectivity index (χ3n) is 4.94. The first-order chi connectivity index (χ1) is 12.1. The minimum atomic E-state index is -0.269. The van der Waals surface area contributed by atoms with Gasteiger partial charge >= 0.3 is 0 Å². The average molecular weight is 338 g/mol. The molecule has 2 N–H and O–H groups in total. The lowest BCUT2D eigenvalue weighted by Gasteiger charge is -2.22. The Bertz CT molecular complexity index is 744. The van der Waals surface area contributed by atoms with Crippen molar-refractivity contribution in [3.05, 3.63) is 65.2 Å². The number of carbonyl (C=O) groups excluding carboxylic acids is 1. The molecule has 4 heteroatoms. The van der Waals surface area contributed by atoms with Crippen molar-refractivity contribution in [2.75, 3.05) is 7.11 Å². The molecule has 0 spiro atoms. The van der Waals surface area contributed by atoms with Crippen LogP contribution in [0, 0.1) is 0 Å². The molecule has 25 heavy (non-hydrogen) atoms. The summed E-state index contributed by atoms with van der Waals surface area (Å²) in [5, 5.41) is 6.57. The Hall–Kier alpha value is -2.33. The summed E-state index contributed by atoms with van der Waals surface area (Å²) < 4.78 is 5.27. The lowest BCUT2D eigenvalue weighted by molar-refractivity contribution is -0.123. The van der Waals surface area contributed by atoms with E-state index in [2.05, 4.69) is 35.8 Å². The van der Waals surface area contributed by atoms with Crippen LogP contribution in [-0.4, -0.2) is 19.1 Å². The van der Waals surface area contributed by atoms with Gasteiger partial charge < -0.3 is 10.1 Å². The van der Waals surface area contributed by atoms with E-state index in [9.17, 15) is 4.79 Å². The van der Waals surface area contributed by atoms with E-state index in [0.29, 0.717) is 0 Å². The van der Waals surface area contributed by atoms with Gasteiger partial charge in [-0.15, -0.1) is 0 Å². The second kappa shape index (κ2) is 7.70. The first-order valence-corrected chi connectivity index (χ1v) is 8.86. The Kier molecular flexibility index (Phi) is 5.39. The zero-order chi connectivity index (χ0) is 17.8. The fraction of sp³-hybridized carbons (Fsp3) is 0.381. The Balaban J connectivity index is 1.59. The summed E-state index contributed by atoms with van der Waals surface area (Å²) in [6.07, 6.45) is 2.01. The molecule has 0 saturated heterocycles. The number of benzene rings is 2. The molecule has 0 aromatic heterocycles. The van der Waals surface area contributed by atoms with E-state index in [4.69, 9.17) is 4.74 Å². The Morgan fingerprint density at radius 1 is 1.16 bits per heavy atom. The van der Waals surface area contributed by atoms with Gasteiger partial charge in [0, 0.05) is 6.04 Å². The van der Waals surface area contributed by atoms with Crippen LogP contribution in [0.4, 0.5) is 0 Å². The highest BCUT2D eigenvalue weighted by atomic mass is 16.5. The normalized spacial score (nSPS) is 18.3. The smallest absolute Gasteiger partial charge is 0.237 e. The number of hydrogen-bond acceptors (Lipinski definition) is 3. The summed E-state index contributed by atoms with van der Waals surface area (Å²) in [5.74, 6) is 0.863. The molecule has 0 radical (unpaired) electrons. The molecule has 0 heterocycles. The molecule has 4 nitrogen and oxygen atoms in total. The summed E-state index contributed by atoms with van der Waals surface area (Å²) in [7, 11) is 1.66. The standard InChI is InChI=1S/C21H26N2O2/c1-14(17-8-6-9-18(13-17)25-3)22-15(2)21(24)23-20-12-11-16-7-4-5-10-19(16)20/h4-10,13-15,20,22H,11-12H2,1-3H3,(H,23,24)/t14-,15+,20+/m0/s1. The van der Waals surface area contributed by atoms with Crippen molar-refractivity contribution in [2.24, 2.45) is 0 Å². The second-order valence-electron chi connectivity index (χ2n) is 6.69. The molecule has 1 aliphatic rings. The Labute approximate surface area is 149 Å². The molecule has 1 aliphatic carbocycles. The van der Waals surface area contributed by atoms with Gasteiger partial charge in [-0.05, 0) is 55.5 Å². The highest BCUT2D eigenvalue weighted by molar-refractivity contribution is 5.82. The van der Waals surface area contributed by atoms with Crippen LogP contribution in [-0.2, 0) is 11.2 Å². The molecule has 1 amide bonds. The first kappa shape index (κ1) is 17.5. The minimum Gasteiger partial charge on any atom is -0.497 e. The fourth-order valence-electron chi connectivity index (χ4n) is 3.46. The number of nitrogens with one attached hydrogen (secondary N) is 2. The SMILES string of the molecule is COc1cccc([C@H](C)N[C@H](C)C(=O)N[C@@H]2CCc3ccccc32)c1. The van der Waals surface area contributed by atoms with Crippen LogP contribution in [0.25, 0.3) is 0 Å². The molecule has 0 fully saturated rings. The Morgan fingerprint density at radius 3 is 2.76 bits per heavy atom. The minimum absolute atomic E-state index is 0.0384. The largest absolute Gasteiger partial charge is 0.497 e. The Morgan fingerprint density at radius 2 is 1.96 bits per heavy atom. The van der Waals surface area contributed by atoms with E-state index in [1.54, 1.807) is 7.11 Å². The number of amides is 1. The van der Waals surface area contributed by atoms with E-state index in [0.717, 1.165) is 24.2 Å². The quantitative estimate of drug-likeness (QED) is 0.847. The monoisotopic (exact) mass is 338 g/mol. The fourth-order valence-corrected chi connectivity index (χ4v) is 3.46. The summed E-state index contributed by atoms with van der Waals surface area (Å²) in [6.45, 7) is 3.97. The van der Waals surface area contributed by atoms with E-state index in [-0.39, 0.29) is 24.0 Å². The number of aryl methyl sites for hydroxylation is 1. The molecule has 0 aliphatic heterocycles. The topological polar surface area (TPSA) is 50.4 Å². The van der Waals surface area contributed by atoms with Crippen LogP contribution in [0.3, 0.4) is 0 Å². The maximum Gasteiger partial charge on any atom is 0.237 e. The zero-order valence-electron chi connectivity index (χ0n) is 15.1. The molecule has 3 rings (SSSR count). The summed E-state index contributed by atoms with van der Waals surface area (Å²) in [6, 6.07) is 16.2. The first-order valence-electron chi connectivity index (χ1n) is 8.86. The van der Waals surface area contributed by atoms with Gasteiger partial charge in [-0.1, -0.05) is 36.4 Å². The molecule has 3 atom stereocenters. The number of carbonyl (C=O) groups is 1. The third kappa shape index (κ3) is 4.02. The molecule has 2 aromatic carbocycles. The number of methoxy groups -OCH3 is 1.